The fourth-order valence-corrected chi connectivity index (χ4v) is 1.28. The summed E-state index contributed by atoms with van der Waals surface area (Å²) in [7, 11) is 0. The number of hydrogen-bond acceptors (Lipinski definition) is 4. The first-order chi connectivity index (χ1) is 7.22. The third kappa shape index (κ3) is 1.63. The smallest absolute Gasteiger partial charge is 0.394 e. The van der Waals surface area contributed by atoms with Crippen molar-refractivity contribution < 1.29 is 19.1 Å². The summed E-state index contributed by atoms with van der Waals surface area (Å²) in [6, 6.07) is 4.75. The van der Waals surface area contributed by atoms with E-state index in [9.17, 15) is 4.79 Å². The lowest BCUT2D eigenvalue weighted by Crippen LogP contribution is -1.95. The third-order valence-corrected chi connectivity index (χ3v) is 1.89. The van der Waals surface area contributed by atoms with Gasteiger partial charge in [-0.05, 0) is 19.1 Å². The van der Waals surface area contributed by atoms with E-state index in [-0.39, 0.29) is 17.2 Å². The van der Waals surface area contributed by atoms with Crippen molar-refractivity contribution in [2.24, 2.45) is 0 Å². The van der Waals surface area contributed by atoms with Gasteiger partial charge in [-0.25, -0.2) is 4.79 Å². The molecular weight excluding hydrogens is 198 g/mol. The minimum Gasteiger partial charge on any atom is -0.478 e. The Labute approximate surface area is 85.3 Å². The van der Waals surface area contributed by atoms with E-state index in [1.54, 1.807) is 19.1 Å². The quantitative estimate of drug-likeness (QED) is 0.832. The van der Waals surface area contributed by atoms with E-state index >= 15 is 0 Å². The average Bonchev–Trinajstić information content (AvgIpc) is 2.59. The van der Waals surface area contributed by atoms with Crippen molar-refractivity contribution in [2.45, 2.75) is 6.92 Å². The number of ether oxygens (including phenoxy) is 1. The van der Waals surface area contributed by atoms with E-state index in [2.05, 4.69) is 4.98 Å². The van der Waals surface area contributed by atoms with Gasteiger partial charge >= 0.3 is 12.0 Å². The fraction of sp³-hybridized carbons (Fsp3) is 0.200. The van der Waals surface area contributed by atoms with Gasteiger partial charge in [-0.3, -0.25) is 0 Å². The maximum atomic E-state index is 10.9. The lowest BCUT2D eigenvalue weighted by atomic mass is 10.2. The molecule has 1 aromatic carbocycles. The molecule has 0 atom stereocenters. The molecule has 0 aliphatic heterocycles. The van der Waals surface area contributed by atoms with Crippen LogP contribution in [0.15, 0.2) is 22.6 Å². The van der Waals surface area contributed by atoms with Crippen LogP contribution < -0.4 is 4.74 Å². The summed E-state index contributed by atoms with van der Waals surface area (Å²) in [5.74, 6) is -1.04. The normalized spacial score (nSPS) is 10.5. The Hall–Kier alpha value is -2.04. The summed E-state index contributed by atoms with van der Waals surface area (Å²) >= 11 is 0. The highest BCUT2D eigenvalue weighted by Gasteiger charge is 2.14. The van der Waals surface area contributed by atoms with Crippen molar-refractivity contribution in [3.63, 3.8) is 0 Å². The number of oxazole rings is 1. The molecule has 2 rings (SSSR count). The van der Waals surface area contributed by atoms with Crippen LogP contribution in [0, 0.1) is 0 Å². The molecule has 0 aliphatic rings. The topological polar surface area (TPSA) is 72.6 Å². The van der Waals surface area contributed by atoms with Crippen molar-refractivity contribution in [1.29, 1.82) is 0 Å². The van der Waals surface area contributed by atoms with Gasteiger partial charge in [-0.2, -0.15) is 4.98 Å². The van der Waals surface area contributed by atoms with E-state index in [0.29, 0.717) is 12.1 Å². The molecule has 1 heterocycles. The van der Waals surface area contributed by atoms with Gasteiger partial charge in [0, 0.05) is 0 Å². The molecule has 1 N–H and O–H groups in total. The number of benzene rings is 1. The van der Waals surface area contributed by atoms with Crippen LogP contribution in [0.5, 0.6) is 6.08 Å². The molecule has 0 fully saturated rings. The van der Waals surface area contributed by atoms with Crippen molar-refractivity contribution in [3.05, 3.63) is 23.8 Å². The van der Waals surface area contributed by atoms with Crippen LogP contribution in [-0.4, -0.2) is 22.7 Å². The Balaban J connectivity index is 2.59. The molecular formula is C10H9NO4. The summed E-state index contributed by atoms with van der Waals surface area (Å²) < 4.78 is 10.2. The maximum absolute atomic E-state index is 10.9. The molecule has 78 valence electrons. The third-order valence-electron chi connectivity index (χ3n) is 1.89. The van der Waals surface area contributed by atoms with Crippen molar-refractivity contribution >= 4 is 17.1 Å². The number of carboxylic acid groups (broad SMARTS) is 1. The van der Waals surface area contributed by atoms with Gasteiger partial charge in [-0.15, -0.1) is 0 Å². The second-order valence-corrected chi connectivity index (χ2v) is 2.87. The highest BCUT2D eigenvalue weighted by molar-refractivity contribution is 5.99. The predicted octanol–water partition coefficient (Wildman–Crippen LogP) is 1.92. The van der Waals surface area contributed by atoms with Crippen molar-refractivity contribution in [2.75, 3.05) is 6.61 Å². The van der Waals surface area contributed by atoms with E-state index in [4.69, 9.17) is 14.3 Å². The zero-order valence-corrected chi connectivity index (χ0v) is 8.06. The van der Waals surface area contributed by atoms with Gasteiger partial charge in [0.25, 0.3) is 0 Å². The van der Waals surface area contributed by atoms with Crippen molar-refractivity contribution in [1.82, 2.24) is 4.98 Å². The molecule has 0 saturated heterocycles. The molecule has 5 heteroatoms. The molecule has 15 heavy (non-hydrogen) atoms. The van der Waals surface area contributed by atoms with E-state index in [0.717, 1.165) is 0 Å². The number of aromatic nitrogens is 1. The van der Waals surface area contributed by atoms with E-state index in [1.807, 2.05) is 0 Å². The standard InChI is InChI=1S/C10H9NO4/c1-2-14-10-11-7-5-3-4-6(9(12)13)8(7)15-10/h3-5H,2H2,1H3,(H,12,13). The molecule has 0 radical (unpaired) electrons. The van der Waals surface area contributed by atoms with Gasteiger partial charge in [-0.1, -0.05) is 6.07 Å². The average molecular weight is 207 g/mol. The summed E-state index contributed by atoms with van der Waals surface area (Å²) in [4.78, 5) is 14.8. The molecule has 0 unspecified atom stereocenters. The monoisotopic (exact) mass is 207 g/mol. The summed E-state index contributed by atoms with van der Waals surface area (Å²) in [6.07, 6.45) is 0.0983. The number of nitrogens with zero attached hydrogens (tertiary/aromatic N) is 1. The fourth-order valence-electron chi connectivity index (χ4n) is 1.28. The number of rotatable bonds is 3. The van der Waals surface area contributed by atoms with Crippen LogP contribution in [0.4, 0.5) is 0 Å². The van der Waals surface area contributed by atoms with Crippen LogP contribution in [-0.2, 0) is 0 Å². The lowest BCUT2D eigenvalue weighted by molar-refractivity contribution is 0.0697. The van der Waals surface area contributed by atoms with Gasteiger partial charge in [0.05, 0.1) is 6.61 Å². The van der Waals surface area contributed by atoms with Gasteiger partial charge < -0.3 is 14.3 Å². The maximum Gasteiger partial charge on any atom is 0.394 e. The Kier molecular flexibility index (Phi) is 2.29. The summed E-state index contributed by atoms with van der Waals surface area (Å²) in [5, 5.41) is 8.89. The summed E-state index contributed by atoms with van der Waals surface area (Å²) in [6.45, 7) is 2.22. The number of fused-ring (bicyclic) bond motifs is 1. The van der Waals surface area contributed by atoms with Crippen LogP contribution in [0.1, 0.15) is 17.3 Å². The molecule has 1 aromatic heterocycles. The molecule has 5 nitrogen and oxygen atoms in total. The first-order valence-electron chi connectivity index (χ1n) is 4.48. The number of carboxylic acids is 1. The zero-order valence-electron chi connectivity index (χ0n) is 8.06. The molecule has 2 aromatic rings. The molecule has 0 bridgehead atoms. The Morgan fingerprint density at radius 1 is 1.60 bits per heavy atom. The Bertz CT molecular complexity index is 503. The first-order valence-corrected chi connectivity index (χ1v) is 4.48. The minimum absolute atomic E-state index is 0.0888. The number of carbonyl (C=O) groups is 1. The second kappa shape index (κ2) is 3.61. The number of para-hydroxylation sites is 1. The van der Waals surface area contributed by atoms with Crippen LogP contribution in [0.25, 0.3) is 11.1 Å². The highest BCUT2D eigenvalue weighted by Crippen LogP contribution is 2.23. The van der Waals surface area contributed by atoms with E-state index in [1.165, 1.54) is 6.07 Å². The lowest BCUT2D eigenvalue weighted by Gasteiger charge is -1.93. The van der Waals surface area contributed by atoms with Crippen LogP contribution in [0.2, 0.25) is 0 Å². The molecule has 0 spiro atoms. The first kappa shape index (κ1) is 9.51. The minimum atomic E-state index is -1.04. The second-order valence-electron chi connectivity index (χ2n) is 2.87. The van der Waals surface area contributed by atoms with Gasteiger partial charge in [0.1, 0.15) is 11.1 Å². The molecule has 0 aliphatic carbocycles. The molecule has 0 amide bonds. The van der Waals surface area contributed by atoms with Gasteiger partial charge in [0.2, 0.25) is 0 Å². The predicted molar refractivity (Wildman–Crippen MR) is 52.1 cm³/mol. The summed E-state index contributed by atoms with van der Waals surface area (Å²) in [5.41, 5.74) is 0.817. The number of hydrogen-bond donors (Lipinski definition) is 1. The van der Waals surface area contributed by atoms with Crippen LogP contribution in [0.3, 0.4) is 0 Å². The number of aromatic carboxylic acids is 1. The van der Waals surface area contributed by atoms with E-state index < -0.39 is 5.97 Å². The SMILES string of the molecule is CCOc1nc2cccc(C(=O)O)c2o1. The Morgan fingerprint density at radius 2 is 2.40 bits per heavy atom. The van der Waals surface area contributed by atoms with Crippen molar-refractivity contribution in [3.8, 4) is 6.08 Å². The highest BCUT2D eigenvalue weighted by atomic mass is 16.6. The van der Waals surface area contributed by atoms with Gasteiger partial charge in [0.15, 0.2) is 5.58 Å². The Morgan fingerprint density at radius 3 is 3.07 bits per heavy atom. The molecule has 0 saturated carbocycles. The largest absolute Gasteiger partial charge is 0.478 e. The zero-order chi connectivity index (χ0) is 10.8. The van der Waals surface area contributed by atoms with Crippen LogP contribution >= 0.6 is 0 Å².